The zero-order valence-corrected chi connectivity index (χ0v) is 9.75. The van der Waals surface area contributed by atoms with Gasteiger partial charge in [-0.15, -0.1) is 0 Å². The Hall–Kier alpha value is -0.670. The number of carbonyl (C=O) groups excluding carboxylic acids is 1. The molecule has 3 heteroatoms. The largest absolute Gasteiger partial charge is 0.387 e. The molecule has 0 radical (unpaired) electrons. The second-order valence-electron chi connectivity index (χ2n) is 4.47. The van der Waals surface area contributed by atoms with E-state index in [4.69, 9.17) is 0 Å². The summed E-state index contributed by atoms with van der Waals surface area (Å²) in [6, 6.07) is 5.55. The van der Waals surface area contributed by atoms with Crippen LogP contribution in [0.15, 0.2) is 22.7 Å². The maximum atomic E-state index is 12.1. The van der Waals surface area contributed by atoms with Crippen LogP contribution in [-0.2, 0) is 0 Å². The summed E-state index contributed by atoms with van der Waals surface area (Å²) in [6.07, 6.45) is 2.13. The van der Waals surface area contributed by atoms with E-state index in [9.17, 15) is 9.90 Å². The molecule has 1 unspecified atom stereocenters. The number of carbonyl (C=O) groups is 1. The first-order valence-electron chi connectivity index (χ1n) is 5.17. The number of halogens is 1. The van der Waals surface area contributed by atoms with Gasteiger partial charge in [-0.2, -0.15) is 0 Å². The van der Waals surface area contributed by atoms with E-state index < -0.39 is 11.5 Å². The first-order valence-corrected chi connectivity index (χ1v) is 5.97. The van der Waals surface area contributed by atoms with Gasteiger partial charge in [-0.25, -0.2) is 0 Å². The number of hydrogen-bond acceptors (Lipinski definition) is 2. The van der Waals surface area contributed by atoms with Crippen molar-refractivity contribution < 1.29 is 9.90 Å². The minimum absolute atomic E-state index is 0.142. The van der Waals surface area contributed by atoms with E-state index in [2.05, 4.69) is 15.9 Å². The number of ketones is 1. The molecule has 0 amide bonds. The number of aliphatic hydroxyl groups excluding tert-OH is 1. The predicted octanol–water partition coefficient (Wildman–Crippen LogP) is 2.85. The fourth-order valence-electron chi connectivity index (χ4n) is 2.71. The lowest BCUT2D eigenvalue weighted by Gasteiger charge is -2.39. The maximum Gasteiger partial charge on any atom is 0.172 e. The SMILES string of the molecule is O=C1c2ccc(Br)cc2C(O)C12CCC2. The van der Waals surface area contributed by atoms with Gasteiger partial charge in [0, 0.05) is 10.0 Å². The molecule has 0 aliphatic heterocycles. The monoisotopic (exact) mass is 266 g/mol. The van der Waals surface area contributed by atoms with Crippen LogP contribution >= 0.6 is 15.9 Å². The van der Waals surface area contributed by atoms with Crippen molar-refractivity contribution in [2.75, 3.05) is 0 Å². The van der Waals surface area contributed by atoms with E-state index in [-0.39, 0.29) is 5.78 Å². The van der Waals surface area contributed by atoms with Crippen molar-refractivity contribution in [1.29, 1.82) is 0 Å². The number of rotatable bonds is 0. The topological polar surface area (TPSA) is 37.3 Å². The molecule has 1 N–H and O–H groups in total. The predicted molar refractivity (Wildman–Crippen MR) is 59.7 cm³/mol. The third kappa shape index (κ3) is 1.05. The minimum atomic E-state index is -0.591. The van der Waals surface area contributed by atoms with Gasteiger partial charge in [-0.1, -0.05) is 22.4 Å². The van der Waals surface area contributed by atoms with Crippen LogP contribution in [-0.4, -0.2) is 10.9 Å². The van der Waals surface area contributed by atoms with Crippen LogP contribution in [0.5, 0.6) is 0 Å². The van der Waals surface area contributed by atoms with Crippen LogP contribution in [0.1, 0.15) is 41.3 Å². The number of hydrogen-bond donors (Lipinski definition) is 1. The molecule has 0 saturated heterocycles. The Morgan fingerprint density at radius 3 is 2.73 bits per heavy atom. The Kier molecular flexibility index (Phi) is 1.86. The number of benzene rings is 1. The van der Waals surface area contributed by atoms with Crippen molar-refractivity contribution in [3.05, 3.63) is 33.8 Å². The first-order chi connectivity index (χ1) is 7.15. The fourth-order valence-corrected chi connectivity index (χ4v) is 3.09. The summed E-state index contributed by atoms with van der Waals surface area (Å²) >= 11 is 3.37. The normalized spacial score (nSPS) is 26.5. The number of fused-ring (bicyclic) bond motifs is 1. The smallest absolute Gasteiger partial charge is 0.172 e. The van der Waals surface area contributed by atoms with E-state index in [0.29, 0.717) is 5.56 Å². The van der Waals surface area contributed by atoms with Crippen molar-refractivity contribution >= 4 is 21.7 Å². The van der Waals surface area contributed by atoms with Gasteiger partial charge >= 0.3 is 0 Å². The first kappa shape index (κ1) is 9.55. The van der Waals surface area contributed by atoms with E-state index in [1.165, 1.54) is 0 Å². The number of aliphatic hydroxyl groups is 1. The van der Waals surface area contributed by atoms with E-state index in [0.717, 1.165) is 29.3 Å². The molecular formula is C12H11BrO2. The minimum Gasteiger partial charge on any atom is -0.387 e. The van der Waals surface area contributed by atoms with Crippen LogP contribution in [0, 0.1) is 5.41 Å². The molecule has 2 nitrogen and oxygen atoms in total. The Bertz CT molecular complexity index is 449. The molecule has 0 aromatic heterocycles. The molecule has 0 heterocycles. The van der Waals surface area contributed by atoms with Gasteiger partial charge in [-0.3, -0.25) is 4.79 Å². The summed E-state index contributed by atoms with van der Waals surface area (Å²) < 4.78 is 0.921. The molecule has 1 saturated carbocycles. The summed E-state index contributed by atoms with van der Waals surface area (Å²) in [5.74, 6) is 0.142. The van der Waals surface area contributed by atoms with Gasteiger partial charge in [0.15, 0.2) is 5.78 Å². The Morgan fingerprint density at radius 1 is 1.40 bits per heavy atom. The summed E-state index contributed by atoms with van der Waals surface area (Å²) in [5, 5.41) is 10.2. The average Bonchev–Trinajstić information content (AvgIpc) is 2.35. The summed E-state index contributed by atoms with van der Waals surface area (Å²) in [6.45, 7) is 0. The Morgan fingerprint density at radius 2 is 2.13 bits per heavy atom. The van der Waals surface area contributed by atoms with E-state index >= 15 is 0 Å². The van der Waals surface area contributed by atoms with Crippen molar-refractivity contribution in [1.82, 2.24) is 0 Å². The summed E-state index contributed by atoms with van der Waals surface area (Å²) in [5.41, 5.74) is 1.04. The third-order valence-corrected chi connectivity index (χ3v) is 4.27. The average molecular weight is 267 g/mol. The van der Waals surface area contributed by atoms with Gasteiger partial charge in [0.05, 0.1) is 11.5 Å². The van der Waals surface area contributed by atoms with Crippen LogP contribution in [0.2, 0.25) is 0 Å². The van der Waals surface area contributed by atoms with Crippen LogP contribution in [0.4, 0.5) is 0 Å². The van der Waals surface area contributed by atoms with Crippen LogP contribution in [0.3, 0.4) is 0 Å². The van der Waals surface area contributed by atoms with Gasteiger partial charge in [0.1, 0.15) is 0 Å². The molecule has 15 heavy (non-hydrogen) atoms. The van der Waals surface area contributed by atoms with Crippen molar-refractivity contribution in [2.24, 2.45) is 5.41 Å². The molecule has 1 fully saturated rings. The molecule has 78 valence electrons. The van der Waals surface area contributed by atoms with Crippen molar-refractivity contribution in [2.45, 2.75) is 25.4 Å². The zero-order valence-electron chi connectivity index (χ0n) is 8.16. The molecule has 1 aromatic carbocycles. The quantitative estimate of drug-likeness (QED) is 0.784. The highest BCUT2D eigenvalue weighted by Crippen LogP contribution is 2.57. The second-order valence-corrected chi connectivity index (χ2v) is 5.39. The van der Waals surface area contributed by atoms with Crippen LogP contribution < -0.4 is 0 Å². The van der Waals surface area contributed by atoms with Crippen molar-refractivity contribution in [3.63, 3.8) is 0 Å². The number of Topliss-reactive ketones (excluding diaryl/α,β-unsaturated/α-hetero) is 1. The maximum absolute atomic E-state index is 12.1. The molecule has 0 bridgehead atoms. The van der Waals surface area contributed by atoms with Gasteiger partial charge in [0.2, 0.25) is 0 Å². The lowest BCUT2D eigenvalue weighted by Crippen LogP contribution is -2.38. The molecule has 3 rings (SSSR count). The highest BCUT2D eigenvalue weighted by Gasteiger charge is 2.55. The summed E-state index contributed by atoms with van der Waals surface area (Å²) in [7, 11) is 0. The molecule has 1 aromatic rings. The highest BCUT2D eigenvalue weighted by molar-refractivity contribution is 9.10. The van der Waals surface area contributed by atoms with Crippen LogP contribution in [0.25, 0.3) is 0 Å². The van der Waals surface area contributed by atoms with E-state index in [1.54, 1.807) is 0 Å². The standard InChI is InChI=1S/C12H11BrO2/c13-7-2-3-8-9(6-7)11(15)12(10(8)14)4-1-5-12/h2-3,6,11,15H,1,4-5H2. The zero-order chi connectivity index (χ0) is 10.6. The molecule has 2 aliphatic rings. The summed E-state index contributed by atoms with van der Waals surface area (Å²) in [4.78, 5) is 12.1. The van der Waals surface area contributed by atoms with E-state index in [1.807, 2.05) is 18.2 Å². The fraction of sp³-hybridized carbons (Fsp3) is 0.417. The van der Waals surface area contributed by atoms with Gasteiger partial charge in [0.25, 0.3) is 0 Å². The molecular weight excluding hydrogens is 256 g/mol. The highest BCUT2D eigenvalue weighted by atomic mass is 79.9. The Balaban J connectivity index is 2.17. The van der Waals surface area contributed by atoms with Crippen molar-refractivity contribution in [3.8, 4) is 0 Å². The second kappa shape index (κ2) is 2.92. The molecule has 1 spiro atoms. The van der Waals surface area contributed by atoms with Gasteiger partial charge in [-0.05, 0) is 36.6 Å². The lowest BCUT2D eigenvalue weighted by molar-refractivity contribution is -0.00786. The molecule has 2 aliphatic carbocycles. The third-order valence-electron chi connectivity index (χ3n) is 3.77. The molecule has 1 atom stereocenters. The Labute approximate surface area is 96.4 Å². The van der Waals surface area contributed by atoms with Gasteiger partial charge < -0.3 is 5.11 Å². The lowest BCUT2D eigenvalue weighted by atomic mass is 9.65.